The highest BCUT2D eigenvalue weighted by Crippen LogP contribution is 2.83. The van der Waals surface area contributed by atoms with Gasteiger partial charge >= 0.3 is 11.9 Å². The number of rotatable bonds is 0. The van der Waals surface area contributed by atoms with Crippen LogP contribution in [0.5, 0.6) is 0 Å². The van der Waals surface area contributed by atoms with E-state index < -0.39 is 76.3 Å². The number of fused-ring (bicyclic) bond motifs is 1. The molecule has 11 atom stereocenters. The summed E-state index contributed by atoms with van der Waals surface area (Å²) in [5, 5.41) is 23.1. The molecule has 6 rings (SSSR count). The normalized spacial score (nSPS) is 61.1. The highest BCUT2D eigenvalue weighted by Gasteiger charge is 2.99. The predicted octanol–water partition coefficient (Wildman–Crippen LogP) is -0.0110. The summed E-state index contributed by atoms with van der Waals surface area (Å²) in [5.74, 6) is -1.92. The van der Waals surface area contributed by atoms with Gasteiger partial charge in [0.05, 0.1) is 42.2 Å². The van der Waals surface area contributed by atoms with Crippen LogP contribution in [0.3, 0.4) is 0 Å². The van der Waals surface area contributed by atoms with Crippen LogP contribution in [-0.2, 0) is 28.5 Å². The quantitative estimate of drug-likeness (QED) is 0.552. The molecule has 2 spiro atoms. The fourth-order valence-corrected chi connectivity index (χ4v) is 8.40. The van der Waals surface area contributed by atoms with Gasteiger partial charge in [0.2, 0.25) is 6.29 Å². The Morgan fingerprint density at radius 2 is 1.86 bits per heavy atom. The molecule has 0 radical (unpaired) electrons. The van der Waals surface area contributed by atoms with Crippen molar-refractivity contribution < 1.29 is 38.7 Å². The number of carbonyl (C=O) groups is 2. The number of hydrogen-bond donors (Lipinski definition) is 2. The minimum Gasteiger partial charge on any atom is -0.457 e. The van der Waals surface area contributed by atoms with Gasteiger partial charge in [-0.3, -0.25) is 4.79 Å². The van der Waals surface area contributed by atoms with Crippen LogP contribution >= 0.6 is 0 Å². The van der Waals surface area contributed by atoms with Crippen molar-refractivity contribution in [3.05, 3.63) is 0 Å². The third-order valence-electron chi connectivity index (χ3n) is 8.67. The van der Waals surface area contributed by atoms with Gasteiger partial charge in [0.1, 0.15) is 6.10 Å². The van der Waals surface area contributed by atoms with Gasteiger partial charge in [-0.2, -0.15) is 0 Å². The van der Waals surface area contributed by atoms with Crippen LogP contribution in [0.2, 0.25) is 0 Å². The summed E-state index contributed by atoms with van der Waals surface area (Å²) in [5.41, 5.74) is -4.23. The van der Waals surface area contributed by atoms with Crippen molar-refractivity contribution >= 4 is 11.9 Å². The molecule has 4 heterocycles. The summed E-state index contributed by atoms with van der Waals surface area (Å²) in [6, 6.07) is 0. The second-order valence-electron chi connectivity index (χ2n) is 10.7. The fraction of sp³-hybridized carbons (Fsp3) is 0.900. The summed E-state index contributed by atoms with van der Waals surface area (Å²) in [6.45, 7) is 8.33. The molecule has 6 fully saturated rings. The van der Waals surface area contributed by atoms with Crippen molar-refractivity contribution in [1.29, 1.82) is 0 Å². The largest absolute Gasteiger partial charge is 0.457 e. The van der Waals surface area contributed by atoms with Crippen molar-refractivity contribution in [2.45, 2.75) is 70.4 Å². The third-order valence-corrected chi connectivity index (χ3v) is 8.67. The maximum atomic E-state index is 13.3. The van der Waals surface area contributed by atoms with E-state index in [0.29, 0.717) is 6.61 Å². The summed E-state index contributed by atoms with van der Waals surface area (Å²) < 4.78 is 23.7. The Balaban J connectivity index is 1.69. The van der Waals surface area contributed by atoms with Crippen molar-refractivity contribution in [2.75, 3.05) is 6.61 Å². The molecule has 154 valence electrons. The molecule has 2 aliphatic carbocycles. The molecule has 0 aromatic heterocycles. The zero-order valence-electron chi connectivity index (χ0n) is 16.4. The monoisotopic (exact) mass is 394 g/mol. The Hall–Kier alpha value is -1.22. The first-order chi connectivity index (χ1) is 13.0. The zero-order valence-corrected chi connectivity index (χ0v) is 16.4. The van der Waals surface area contributed by atoms with Gasteiger partial charge in [0.15, 0.2) is 5.60 Å². The lowest BCUT2D eigenvalue weighted by molar-refractivity contribution is -0.207. The van der Waals surface area contributed by atoms with Crippen molar-refractivity contribution in [2.24, 2.45) is 34.0 Å². The maximum Gasteiger partial charge on any atom is 0.340 e. The molecule has 0 aromatic carbocycles. The van der Waals surface area contributed by atoms with E-state index in [0.717, 1.165) is 0 Å². The third kappa shape index (κ3) is 1.35. The second kappa shape index (κ2) is 4.58. The molecule has 0 amide bonds. The van der Waals surface area contributed by atoms with Gasteiger partial charge in [0, 0.05) is 11.8 Å². The Morgan fingerprint density at radius 1 is 1.14 bits per heavy atom. The van der Waals surface area contributed by atoms with Crippen molar-refractivity contribution in [1.82, 2.24) is 0 Å². The van der Waals surface area contributed by atoms with Crippen LogP contribution in [0.1, 0.15) is 34.1 Å². The molecule has 8 heteroatoms. The highest BCUT2D eigenvalue weighted by atomic mass is 16.7. The number of carbonyl (C=O) groups excluding carboxylic acids is 2. The minimum absolute atomic E-state index is 0.0174. The Morgan fingerprint density at radius 3 is 2.54 bits per heavy atom. The van der Waals surface area contributed by atoms with Crippen LogP contribution in [0.15, 0.2) is 0 Å². The van der Waals surface area contributed by atoms with Gasteiger partial charge in [0.25, 0.3) is 0 Å². The first-order valence-electron chi connectivity index (χ1n) is 10.1. The standard InChI is InChI=1S/C20H26O8/c1-7-6-25-11-9(7)20-15(24)27-14-10(22)12(17(2,3)4)18(19(14,20)13(11)23)5-8(21)26-16(18)28-20/h7,9-14,16,22-23H,5-6H2,1-4H3/t7-,9?,10-,11?,12+,13+,14?,16?,18?,19?,20?/m1/s1. The van der Waals surface area contributed by atoms with Gasteiger partial charge in [-0.05, 0) is 11.3 Å². The number of aliphatic hydroxyl groups excluding tert-OH is 2. The van der Waals surface area contributed by atoms with E-state index in [1.807, 2.05) is 27.7 Å². The van der Waals surface area contributed by atoms with Crippen LogP contribution in [0.4, 0.5) is 0 Å². The maximum absolute atomic E-state index is 13.3. The van der Waals surface area contributed by atoms with Crippen molar-refractivity contribution in [3.8, 4) is 0 Å². The number of hydrogen-bond acceptors (Lipinski definition) is 8. The molecule has 2 saturated carbocycles. The van der Waals surface area contributed by atoms with E-state index in [4.69, 9.17) is 18.9 Å². The van der Waals surface area contributed by atoms with Crippen LogP contribution in [-0.4, -0.2) is 65.1 Å². The van der Waals surface area contributed by atoms with Crippen molar-refractivity contribution in [3.63, 3.8) is 0 Å². The second-order valence-corrected chi connectivity index (χ2v) is 10.7. The zero-order chi connectivity index (χ0) is 20.0. The summed E-state index contributed by atoms with van der Waals surface area (Å²) in [7, 11) is 0. The average molecular weight is 394 g/mol. The van der Waals surface area contributed by atoms with Crippen LogP contribution < -0.4 is 0 Å². The smallest absolute Gasteiger partial charge is 0.340 e. The van der Waals surface area contributed by atoms with Crippen LogP contribution in [0.25, 0.3) is 0 Å². The summed E-state index contributed by atoms with van der Waals surface area (Å²) >= 11 is 0. The van der Waals surface area contributed by atoms with Gasteiger partial charge < -0.3 is 29.2 Å². The Kier molecular flexibility index (Phi) is 2.88. The summed E-state index contributed by atoms with van der Waals surface area (Å²) in [6.07, 6.45) is -4.68. The number of esters is 2. The molecule has 4 saturated heterocycles. The Bertz CT molecular complexity index is 805. The first kappa shape index (κ1) is 17.6. The SMILES string of the molecule is C[C@@H]1COC2C1C13OC4OC(=O)CC45[C@H](C(C)(C)C)[C@@H](O)C(OC1=O)C35[C@H]2O. The van der Waals surface area contributed by atoms with E-state index in [2.05, 4.69) is 0 Å². The average Bonchev–Trinajstić information content (AvgIpc) is 3.30. The predicted molar refractivity (Wildman–Crippen MR) is 90.4 cm³/mol. The topological polar surface area (TPSA) is 112 Å². The molecule has 7 unspecified atom stereocenters. The lowest BCUT2D eigenvalue weighted by Gasteiger charge is -2.46. The van der Waals surface area contributed by atoms with Gasteiger partial charge in [-0.15, -0.1) is 0 Å². The number of ether oxygens (including phenoxy) is 4. The lowest BCUT2D eigenvalue weighted by atomic mass is 9.52. The Labute approximate surface area is 162 Å². The van der Waals surface area contributed by atoms with E-state index in [1.54, 1.807) is 0 Å². The molecule has 2 N–H and O–H groups in total. The van der Waals surface area contributed by atoms with E-state index in [-0.39, 0.29) is 12.3 Å². The summed E-state index contributed by atoms with van der Waals surface area (Å²) in [4.78, 5) is 25.8. The van der Waals surface area contributed by atoms with Gasteiger partial charge in [-0.1, -0.05) is 27.7 Å². The molecule has 28 heavy (non-hydrogen) atoms. The lowest BCUT2D eigenvalue weighted by Crippen LogP contribution is -2.59. The molecular weight excluding hydrogens is 368 g/mol. The minimum atomic E-state index is -1.47. The molecular formula is C20H26O8. The fourth-order valence-electron chi connectivity index (χ4n) is 8.40. The van der Waals surface area contributed by atoms with Crippen LogP contribution in [0, 0.1) is 34.0 Å². The molecule has 4 aliphatic heterocycles. The van der Waals surface area contributed by atoms with E-state index in [9.17, 15) is 19.8 Å². The molecule has 0 aromatic rings. The molecule has 8 nitrogen and oxygen atoms in total. The highest BCUT2D eigenvalue weighted by molar-refractivity contribution is 5.89. The van der Waals surface area contributed by atoms with E-state index in [1.165, 1.54) is 0 Å². The van der Waals surface area contributed by atoms with E-state index >= 15 is 0 Å². The van der Waals surface area contributed by atoms with Gasteiger partial charge in [-0.25, -0.2) is 4.79 Å². The molecule has 6 aliphatic rings. The number of aliphatic hydroxyl groups is 2. The first-order valence-corrected chi connectivity index (χ1v) is 10.1. The molecule has 0 bridgehead atoms.